The summed E-state index contributed by atoms with van der Waals surface area (Å²) in [7, 11) is 0. The molecule has 84 valence electrons. The third-order valence-corrected chi connectivity index (χ3v) is 3.11. The SMILES string of the molecule is CC(C)c1csc(COc2ccccc2)n1. The predicted octanol–water partition coefficient (Wildman–Crippen LogP) is 3.85. The lowest BCUT2D eigenvalue weighted by atomic mass is 10.2. The number of para-hydroxylation sites is 1. The summed E-state index contributed by atoms with van der Waals surface area (Å²) in [5, 5.41) is 3.14. The summed E-state index contributed by atoms with van der Waals surface area (Å²) in [5.74, 6) is 1.38. The first kappa shape index (κ1) is 11.1. The van der Waals surface area contributed by atoms with E-state index in [0.29, 0.717) is 12.5 Å². The third-order valence-electron chi connectivity index (χ3n) is 2.27. The minimum absolute atomic E-state index is 0.488. The molecule has 1 aromatic carbocycles. The number of benzene rings is 1. The van der Waals surface area contributed by atoms with Crippen molar-refractivity contribution in [3.8, 4) is 5.75 Å². The summed E-state index contributed by atoms with van der Waals surface area (Å²) in [5.41, 5.74) is 1.15. The van der Waals surface area contributed by atoms with E-state index in [1.807, 2.05) is 30.3 Å². The van der Waals surface area contributed by atoms with E-state index >= 15 is 0 Å². The Morgan fingerprint density at radius 1 is 1.25 bits per heavy atom. The van der Waals surface area contributed by atoms with Gasteiger partial charge in [0.1, 0.15) is 17.4 Å². The van der Waals surface area contributed by atoms with Gasteiger partial charge in [-0.25, -0.2) is 4.98 Å². The van der Waals surface area contributed by atoms with Crippen LogP contribution in [0.3, 0.4) is 0 Å². The Morgan fingerprint density at radius 3 is 2.62 bits per heavy atom. The number of nitrogens with zero attached hydrogens (tertiary/aromatic N) is 1. The zero-order valence-electron chi connectivity index (χ0n) is 9.51. The predicted molar refractivity (Wildman–Crippen MR) is 67.0 cm³/mol. The van der Waals surface area contributed by atoms with Gasteiger partial charge >= 0.3 is 0 Å². The molecular weight excluding hydrogens is 218 g/mol. The van der Waals surface area contributed by atoms with Crippen molar-refractivity contribution < 1.29 is 4.74 Å². The van der Waals surface area contributed by atoms with Gasteiger partial charge in [0.15, 0.2) is 0 Å². The van der Waals surface area contributed by atoms with Gasteiger partial charge in [0.05, 0.1) is 5.69 Å². The number of ether oxygens (including phenoxy) is 1. The molecule has 0 atom stereocenters. The minimum Gasteiger partial charge on any atom is -0.486 e. The molecule has 0 N–H and O–H groups in total. The van der Waals surface area contributed by atoms with E-state index in [-0.39, 0.29) is 0 Å². The third kappa shape index (κ3) is 2.83. The average Bonchev–Trinajstić information content (AvgIpc) is 2.76. The fraction of sp³-hybridized carbons (Fsp3) is 0.308. The number of hydrogen-bond acceptors (Lipinski definition) is 3. The van der Waals surface area contributed by atoms with Crippen LogP contribution in [0.15, 0.2) is 35.7 Å². The van der Waals surface area contributed by atoms with E-state index in [9.17, 15) is 0 Å². The highest BCUT2D eigenvalue weighted by Crippen LogP contribution is 2.19. The largest absolute Gasteiger partial charge is 0.486 e. The van der Waals surface area contributed by atoms with Crippen molar-refractivity contribution >= 4 is 11.3 Å². The number of aromatic nitrogens is 1. The summed E-state index contributed by atoms with van der Waals surface area (Å²) < 4.78 is 5.63. The van der Waals surface area contributed by atoms with E-state index in [1.54, 1.807) is 11.3 Å². The van der Waals surface area contributed by atoms with Crippen LogP contribution in [0.2, 0.25) is 0 Å². The van der Waals surface area contributed by atoms with Crippen LogP contribution in [-0.4, -0.2) is 4.98 Å². The van der Waals surface area contributed by atoms with Gasteiger partial charge in [0, 0.05) is 5.38 Å². The molecule has 2 nitrogen and oxygen atoms in total. The fourth-order valence-electron chi connectivity index (χ4n) is 1.32. The lowest BCUT2D eigenvalue weighted by Gasteiger charge is -2.02. The highest BCUT2D eigenvalue weighted by molar-refractivity contribution is 7.09. The Kier molecular flexibility index (Phi) is 3.57. The van der Waals surface area contributed by atoms with Crippen LogP contribution in [0.1, 0.15) is 30.5 Å². The number of hydrogen-bond donors (Lipinski definition) is 0. The fourth-order valence-corrected chi connectivity index (χ4v) is 2.19. The van der Waals surface area contributed by atoms with Crippen molar-refractivity contribution in [2.24, 2.45) is 0 Å². The second-order valence-electron chi connectivity index (χ2n) is 3.92. The number of rotatable bonds is 4. The first-order chi connectivity index (χ1) is 7.75. The molecule has 0 saturated heterocycles. The molecule has 0 fully saturated rings. The van der Waals surface area contributed by atoms with Crippen LogP contribution in [0.4, 0.5) is 0 Å². The monoisotopic (exact) mass is 233 g/mol. The second kappa shape index (κ2) is 5.12. The summed E-state index contributed by atoms with van der Waals surface area (Å²) >= 11 is 1.66. The van der Waals surface area contributed by atoms with Gasteiger partial charge in [0.2, 0.25) is 0 Å². The normalized spacial score (nSPS) is 10.7. The topological polar surface area (TPSA) is 22.1 Å². The minimum atomic E-state index is 0.488. The van der Waals surface area contributed by atoms with E-state index in [0.717, 1.165) is 16.5 Å². The molecule has 0 bridgehead atoms. The maximum Gasteiger partial charge on any atom is 0.140 e. The molecule has 3 heteroatoms. The van der Waals surface area contributed by atoms with Crippen LogP contribution in [-0.2, 0) is 6.61 Å². The molecule has 1 heterocycles. The zero-order valence-corrected chi connectivity index (χ0v) is 10.3. The Hall–Kier alpha value is -1.35. The summed E-state index contributed by atoms with van der Waals surface area (Å²) in [4.78, 5) is 4.52. The lowest BCUT2D eigenvalue weighted by Crippen LogP contribution is -1.95. The molecule has 0 aliphatic heterocycles. The maximum atomic E-state index is 5.63. The maximum absolute atomic E-state index is 5.63. The van der Waals surface area contributed by atoms with Gasteiger partial charge in [-0.2, -0.15) is 0 Å². The Labute approximate surface area is 99.9 Å². The average molecular weight is 233 g/mol. The van der Waals surface area contributed by atoms with E-state index in [2.05, 4.69) is 24.2 Å². The molecule has 0 aliphatic carbocycles. The standard InChI is InChI=1S/C13H15NOS/c1-10(2)12-9-16-13(14-12)8-15-11-6-4-3-5-7-11/h3-7,9-10H,8H2,1-2H3. The quantitative estimate of drug-likeness (QED) is 0.800. The highest BCUT2D eigenvalue weighted by atomic mass is 32.1. The smallest absolute Gasteiger partial charge is 0.140 e. The first-order valence-electron chi connectivity index (χ1n) is 5.38. The van der Waals surface area contributed by atoms with Crippen molar-refractivity contribution in [3.63, 3.8) is 0 Å². The number of thiazole rings is 1. The van der Waals surface area contributed by atoms with Gasteiger partial charge < -0.3 is 4.74 Å². The van der Waals surface area contributed by atoms with Gasteiger partial charge in [-0.15, -0.1) is 11.3 Å². The van der Waals surface area contributed by atoms with Gasteiger partial charge in [-0.3, -0.25) is 0 Å². The Bertz CT molecular complexity index is 436. The molecule has 2 rings (SSSR count). The molecule has 16 heavy (non-hydrogen) atoms. The van der Waals surface area contributed by atoms with Gasteiger partial charge in [-0.1, -0.05) is 32.0 Å². The van der Waals surface area contributed by atoms with E-state index in [1.165, 1.54) is 0 Å². The molecule has 0 amide bonds. The second-order valence-corrected chi connectivity index (χ2v) is 4.87. The molecule has 0 saturated carbocycles. The highest BCUT2D eigenvalue weighted by Gasteiger charge is 2.05. The van der Waals surface area contributed by atoms with Crippen molar-refractivity contribution in [1.29, 1.82) is 0 Å². The first-order valence-corrected chi connectivity index (χ1v) is 6.26. The van der Waals surface area contributed by atoms with Crippen molar-refractivity contribution in [3.05, 3.63) is 46.4 Å². The van der Waals surface area contributed by atoms with Gasteiger partial charge in [0.25, 0.3) is 0 Å². The summed E-state index contributed by atoms with van der Waals surface area (Å²) in [6, 6.07) is 9.83. The van der Waals surface area contributed by atoms with Crippen molar-refractivity contribution in [2.45, 2.75) is 26.4 Å². The summed E-state index contributed by atoms with van der Waals surface area (Å²) in [6.45, 7) is 4.86. The Balaban J connectivity index is 1.95. The van der Waals surface area contributed by atoms with E-state index < -0.39 is 0 Å². The lowest BCUT2D eigenvalue weighted by molar-refractivity contribution is 0.305. The Morgan fingerprint density at radius 2 is 2.00 bits per heavy atom. The van der Waals surface area contributed by atoms with Crippen LogP contribution in [0.25, 0.3) is 0 Å². The van der Waals surface area contributed by atoms with Crippen LogP contribution in [0, 0.1) is 0 Å². The van der Waals surface area contributed by atoms with Crippen molar-refractivity contribution in [1.82, 2.24) is 4.98 Å². The molecular formula is C13H15NOS. The van der Waals surface area contributed by atoms with Crippen LogP contribution in [0.5, 0.6) is 5.75 Å². The van der Waals surface area contributed by atoms with Gasteiger partial charge in [-0.05, 0) is 18.1 Å². The molecule has 1 aromatic heterocycles. The molecule has 0 spiro atoms. The van der Waals surface area contributed by atoms with Crippen LogP contribution >= 0.6 is 11.3 Å². The molecule has 2 aromatic rings. The summed E-state index contributed by atoms with van der Waals surface area (Å²) in [6.07, 6.45) is 0. The molecule has 0 radical (unpaired) electrons. The van der Waals surface area contributed by atoms with Crippen LogP contribution < -0.4 is 4.74 Å². The zero-order chi connectivity index (χ0) is 11.4. The van der Waals surface area contributed by atoms with Crippen molar-refractivity contribution in [2.75, 3.05) is 0 Å². The molecule has 0 aliphatic rings. The molecule has 0 unspecified atom stereocenters. The van der Waals surface area contributed by atoms with E-state index in [4.69, 9.17) is 4.74 Å².